The van der Waals surface area contributed by atoms with E-state index in [1.165, 1.54) is 0 Å². The molecule has 0 saturated carbocycles. The topological polar surface area (TPSA) is 41.1 Å². The Kier molecular flexibility index (Phi) is 3.45. The Morgan fingerprint density at radius 1 is 1.35 bits per heavy atom. The highest BCUT2D eigenvalue weighted by Gasteiger charge is 2.19. The second-order valence-electron chi connectivity index (χ2n) is 3.75. The lowest BCUT2D eigenvalue weighted by Gasteiger charge is -2.21. The number of thiocarbonyl (C=S) groups is 1. The van der Waals surface area contributed by atoms with Crippen molar-refractivity contribution in [1.82, 2.24) is 10.6 Å². The molecule has 0 amide bonds. The lowest BCUT2D eigenvalue weighted by Crippen LogP contribution is -2.42. The molecule has 17 heavy (non-hydrogen) atoms. The van der Waals surface area contributed by atoms with Gasteiger partial charge in [-0.05, 0) is 43.4 Å². The van der Waals surface area contributed by atoms with Crippen molar-refractivity contribution in [2.45, 2.75) is 6.92 Å². The van der Waals surface area contributed by atoms with Crippen molar-refractivity contribution in [3.05, 3.63) is 46.1 Å². The number of hydrogen-bond donors (Lipinski definition) is 2. The molecule has 5 heteroatoms. The van der Waals surface area contributed by atoms with E-state index in [0.29, 0.717) is 27.8 Å². The molecule has 1 aromatic carbocycles. The van der Waals surface area contributed by atoms with E-state index in [1.807, 2.05) is 6.92 Å². The third-order valence-electron chi connectivity index (χ3n) is 2.56. The van der Waals surface area contributed by atoms with Crippen molar-refractivity contribution in [3.8, 4) is 0 Å². The highest BCUT2D eigenvalue weighted by Crippen LogP contribution is 2.15. The van der Waals surface area contributed by atoms with Gasteiger partial charge in [-0.1, -0.05) is 11.6 Å². The third-order valence-corrected chi connectivity index (χ3v) is 3.06. The van der Waals surface area contributed by atoms with E-state index in [9.17, 15) is 4.79 Å². The van der Waals surface area contributed by atoms with Gasteiger partial charge in [0.05, 0.1) is 0 Å². The van der Waals surface area contributed by atoms with E-state index in [4.69, 9.17) is 23.8 Å². The second kappa shape index (κ2) is 4.85. The van der Waals surface area contributed by atoms with E-state index >= 15 is 0 Å². The fourth-order valence-corrected chi connectivity index (χ4v) is 1.97. The van der Waals surface area contributed by atoms with Crippen LogP contribution in [0.1, 0.15) is 17.3 Å². The maximum absolute atomic E-state index is 12.2. The Balaban J connectivity index is 2.29. The molecule has 0 radical (unpaired) electrons. The van der Waals surface area contributed by atoms with Crippen LogP contribution in [-0.2, 0) is 0 Å². The number of carbonyl (C=O) groups is 1. The second-order valence-corrected chi connectivity index (χ2v) is 4.59. The van der Waals surface area contributed by atoms with Crippen LogP contribution in [-0.4, -0.2) is 17.4 Å². The lowest BCUT2D eigenvalue weighted by molar-refractivity contribution is 0.103. The summed E-state index contributed by atoms with van der Waals surface area (Å²) in [6.07, 6.45) is 0. The Hall–Kier alpha value is -1.39. The van der Waals surface area contributed by atoms with Crippen molar-refractivity contribution in [3.63, 3.8) is 0 Å². The molecular formula is C12H11ClN2OS. The van der Waals surface area contributed by atoms with Crippen LogP contribution < -0.4 is 10.6 Å². The van der Waals surface area contributed by atoms with E-state index < -0.39 is 0 Å². The fourth-order valence-electron chi connectivity index (χ4n) is 1.62. The van der Waals surface area contributed by atoms with Crippen molar-refractivity contribution in [2.75, 3.05) is 6.54 Å². The average Bonchev–Trinajstić information content (AvgIpc) is 2.29. The Bertz CT molecular complexity index is 508. The Labute approximate surface area is 110 Å². The maximum Gasteiger partial charge on any atom is 0.192 e. The summed E-state index contributed by atoms with van der Waals surface area (Å²) in [5.74, 6) is -0.0123. The normalized spacial score (nSPS) is 15.3. The van der Waals surface area contributed by atoms with Crippen LogP contribution in [0, 0.1) is 0 Å². The first-order valence-corrected chi connectivity index (χ1v) is 5.91. The minimum Gasteiger partial charge on any atom is -0.358 e. The minimum absolute atomic E-state index is 0.0123. The van der Waals surface area contributed by atoms with Gasteiger partial charge >= 0.3 is 0 Å². The Morgan fingerprint density at radius 3 is 2.59 bits per heavy atom. The molecule has 0 fully saturated rings. The lowest BCUT2D eigenvalue weighted by atomic mass is 10.0. The summed E-state index contributed by atoms with van der Waals surface area (Å²) in [5, 5.41) is 7.05. The molecule has 0 spiro atoms. The van der Waals surface area contributed by atoms with Crippen LogP contribution >= 0.6 is 23.8 Å². The van der Waals surface area contributed by atoms with Gasteiger partial charge in [-0.15, -0.1) is 0 Å². The summed E-state index contributed by atoms with van der Waals surface area (Å²) in [5.41, 5.74) is 2.12. The first kappa shape index (κ1) is 12.1. The van der Waals surface area contributed by atoms with Crippen molar-refractivity contribution in [2.24, 2.45) is 0 Å². The maximum atomic E-state index is 12.2. The summed E-state index contributed by atoms with van der Waals surface area (Å²) >= 11 is 10.8. The van der Waals surface area contributed by atoms with Gasteiger partial charge in [0.25, 0.3) is 0 Å². The van der Waals surface area contributed by atoms with Gasteiger partial charge in [-0.3, -0.25) is 4.79 Å². The van der Waals surface area contributed by atoms with E-state index in [1.54, 1.807) is 24.3 Å². The molecule has 0 unspecified atom stereocenters. The molecule has 2 rings (SSSR count). The third kappa shape index (κ3) is 2.65. The SMILES string of the molecule is CC1=C(C(=O)c2ccc(Cl)cc2)CNC(=S)N1. The zero-order chi connectivity index (χ0) is 12.4. The first-order valence-electron chi connectivity index (χ1n) is 5.13. The molecule has 1 aromatic rings. The highest BCUT2D eigenvalue weighted by molar-refractivity contribution is 7.80. The van der Waals surface area contributed by atoms with Gasteiger partial charge in [0, 0.05) is 28.4 Å². The largest absolute Gasteiger partial charge is 0.358 e. The van der Waals surface area contributed by atoms with Gasteiger partial charge in [-0.2, -0.15) is 0 Å². The molecule has 0 aromatic heterocycles. The average molecular weight is 267 g/mol. The standard InChI is InChI=1S/C12H11ClN2OS/c1-7-10(6-14-12(17)15-7)11(16)8-2-4-9(13)5-3-8/h2-5H,6H2,1H3,(H2,14,15,17). The zero-order valence-electron chi connectivity index (χ0n) is 9.21. The number of nitrogens with one attached hydrogen (secondary N) is 2. The summed E-state index contributed by atoms with van der Waals surface area (Å²) < 4.78 is 0. The molecule has 1 aliphatic rings. The number of halogens is 1. The van der Waals surface area contributed by atoms with Crippen LogP contribution in [0.3, 0.4) is 0 Å². The van der Waals surface area contributed by atoms with Gasteiger partial charge in [0.1, 0.15) is 0 Å². The van der Waals surface area contributed by atoms with Crippen LogP contribution in [0.15, 0.2) is 35.5 Å². The van der Waals surface area contributed by atoms with Crippen molar-refractivity contribution in [1.29, 1.82) is 0 Å². The number of carbonyl (C=O) groups excluding carboxylic acids is 1. The van der Waals surface area contributed by atoms with Gasteiger partial charge in [0.2, 0.25) is 0 Å². The van der Waals surface area contributed by atoms with E-state index in [0.717, 1.165) is 5.70 Å². The number of benzene rings is 1. The number of allylic oxidation sites excluding steroid dienone is 1. The van der Waals surface area contributed by atoms with E-state index in [-0.39, 0.29) is 5.78 Å². The molecular weight excluding hydrogens is 256 g/mol. The molecule has 2 N–H and O–H groups in total. The monoisotopic (exact) mass is 266 g/mol. The molecule has 0 atom stereocenters. The van der Waals surface area contributed by atoms with Crippen LogP contribution in [0.2, 0.25) is 5.02 Å². The minimum atomic E-state index is -0.0123. The molecule has 3 nitrogen and oxygen atoms in total. The molecule has 0 saturated heterocycles. The van der Waals surface area contributed by atoms with Crippen LogP contribution in [0.5, 0.6) is 0 Å². The summed E-state index contributed by atoms with van der Waals surface area (Å²) in [4.78, 5) is 12.2. The molecule has 88 valence electrons. The molecule has 1 heterocycles. The number of rotatable bonds is 2. The molecule has 1 aliphatic heterocycles. The van der Waals surface area contributed by atoms with Crippen molar-refractivity contribution >= 4 is 34.7 Å². The number of ketones is 1. The number of Topliss-reactive ketones (excluding diaryl/α,β-unsaturated/α-hetero) is 1. The summed E-state index contributed by atoms with van der Waals surface area (Å²) in [6, 6.07) is 6.85. The Morgan fingerprint density at radius 2 is 2.00 bits per heavy atom. The quantitative estimate of drug-likeness (QED) is 0.637. The smallest absolute Gasteiger partial charge is 0.192 e. The van der Waals surface area contributed by atoms with E-state index in [2.05, 4.69) is 10.6 Å². The summed E-state index contributed by atoms with van der Waals surface area (Å²) in [6.45, 7) is 2.30. The molecule has 0 bridgehead atoms. The molecule has 0 aliphatic carbocycles. The number of hydrogen-bond acceptors (Lipinski definition) is 2. The van der Waals surface area contributed by atoms with Crippen molar-refractivity contribution < 1.29 is 4.79 Å². The van der Waals surface area contributed by atoms with Crippen LogP contribution in [0.4, 0.5) is 0 Å². The predicted molar refractivity (Wildman–Crippen MR) is 72.2 cm³/mol. The van der Waals surface area contributed by atoms with Gasteiger partial charge < -0.3 is 10.6 Å². The predicted octanol–water partition coefficient (Wildman–Crippen LogP) is 2.27. The zero-order valence-corrected chi connectivity index (χ0v) is 10.8. The first-order chi connectivity index (χ1) is 8.08. The highest BCUT2D eigenvalue weighted by atomic mass is 35.5. The van der Waals surface area contributed by atoms with Crippen LogP contribution in [0.25, 0.3) is 0 Å². The fraction of sp³-hybridized carbons (Fsp3) is 0.167. The van der Waals surface area contributed by atoms with Gasteiger partial charge in [0.15, 0.2) is 10.9 Å². The van der Waals surface area contributed by atoms with Gasteiger partial charge in [-0.25, -0.2) is 0 Å². The summed E-state index contributed by atoms with van der Waals surface area (Å²) in [7, 11) is 0.